The van der Waals surface area contributed by atoms with Gasteiger partial charge in [-0.05, 0) is 41.8 Å². The van der Waals surface area contributed by atoms with Gasteiger partial charge < -0.3 is 20.3 Å². The van der Waals surface area contributed by atoms with Gasteiger partial charge in [-0.3, -0.25) is 9.79 Å². The van der Waals surface area contributed by atoms with Crippen molar-refractivity contribution < 1.29 is 13.9 Å². The summed E-state index contributed by atoms with van der Waals surface area (Å²) in [5.41, 5.74) is 1.88. The van der Waals surface area contributed by atoms with Crippen LogP contribution in [0.3, 0.4) is 0 Å². The number of hydrogen-bond donors (Lipinski definition) is 2. The molecule has 31 heavy (non-hydrogen) atoms. The number of ether oxygens (including phenoxy) is 1. The Labute approximate surface area is 183 Å². The summed E-state index contributed by atoms with van der Waals surface area (Å²) in [4.78, 5) is 18.4. The van der Waals surface area contributed by atoms with E-state index in [2.05, 4.69) is 15.6 Å². The van der Waals surface area contributed by atoms with Gasteiger partial charge in [-0.2, -0.15) is 0 Å². The molecule has 0 aliphatic carbocycles. The molecule has 1 atom stereocenters. The molecule has 0 aromatic heterocycles. The zero-order valence-electron chi connectivity index (χ0n) is 18.4. The Balaban J connectivity index is 1.44. The number of halogens is 1. The van der Waals surface area contributed by atoms with Crippen molar-refractivity contribution in [1.29, 1.82) is 0 Å². The Kier molecular flexibility index (Phi) is 7.87. The van der Waals surface area contributed by atoms with Gasteiger partial charge in [0, 0.05) is 38.6 Å². The monoisotopic (exact) mass is 426 g/mol. The largest absolute Gasteiger partial charge is 0.489 e. The summed E-state index contributed by atoms with van der Waals surface area (Å²) in [6, 6.07) is 14.4. The van der Waals surface area contributed by atoms with Gasteiger partial charge in [-0.1, -0.05) is 38.1 Å². The van der Waals surface area contributed by atoms with Gasteiger partial charge in [0.2, 0.25) is 5.91 Å². The van der Waals surface area contributed by atoms with Crippen molar-refractivity contribution in [2.45, 2.75) is 39.5 Å². The Bertz CT molecular complexity index is 899. The molecule has 6 nitrogen and oxygen atoms in total. The minimum Gasteiger partial charge on any atom is -0.489 e. The number of benzene rings is 2. The van der Waals surface area contributed by atoms with Crippen LogP contribution < -0.4 is 15.4 Å². The van der Waals surface area contributed by atoms with Crippen LogP contribution in [0.1, 0.15) is 31.4 Å². The molecular weight excluding hydrogens is 395 g/mol. The molecule has 0 bridgehead atoms. The van der Waals surface area contributed by atoms with Crippen molar-refractivity contribution in [3.05, 3.63) is 65.5 Å². The highest BCUT2D eigenvalue weighted by molar-refractivity contribution is 5.81. The molecule has 166 valence electrons. The van der Waals surface area contributed by atoms with Crippen molar-refractivity contribution in [3.8, 4) is 5.75 Å². The van der Waals surface area contributed by atoms with E-state index in [1.165, 1.54) is 12.1 Å². The number of nitrogens with zero attached hydrogens (tertiary/aromatic N) is 2. The lowest BCUT2D eigenvalue weighted by Crippen LogP contribution is -2.45. The summed E-state index contributed by atoms with van der Waals surface area (Å²) in [6.07, 6.45) is 0.913. The van der Waals surface area contributed by atoms with Crippen LogP contribution in [0.15, 0.2) is 53.5 Å². The minimum atomic E-state index is -0.263. The summed E-state index contributed by atoms with van der Waals surface area (Å²) in [5.74, 6) is 1.41. The predicted molar refractivity (Wildman–Crippen MR) is 120 cm³/mol. The van der Waals surface area contributed by atoms with Crippen molar-refractivity contribution in [3.63, 3.8) is 0 Å². The van der Waals surface area contributed by atoms with Gasteiger partial charge >= 0.3 is 0 Å². The first-order valence-corrected chi connectivity index (χ1v) is 10.7. The Morgan fingerprint density at radius 3 is 2.68 bits per heavy atom. The van der Waals surface area contributed by atoms with Crippen LogP contribution in [0, 0.1) is 11.7 Å². The van der Waals surface area contributed by atoms with E-state index in [1.54, 1.807) is 13.1 Å². The summed E-state index contributed by atoms with van der Waals surface area (Å²) < 4.78 is 19.0. The molecule has 2 aromatic carbocycles. The van der Waals surface area contributed by atoms with E-state index in [0.29, 0.717) is 19.7 Å². The second-order valence-electron chi connectivity index (χ2n) is 8.06. The van der Waals surface area contributed by atoms with Gasteiger partial charge in [-0.25, -0.2) is 4.39 Å². The van der Waals surface area contributed by atoms with Crippen LogP contribution in [0.2, 0.25) is 0 Å². The van der Waals surface area contributed by atoms with Gasteiger partial charge in [0.05, 0.1) is 0 Å². The van der Waals surface area contributed by atoms with E-state index in [4.69, 9.17) is 4.74 Å². The number of amides is 1. The third-order valence-electron chi connectivity index (χ3n) is 5.24. The van der Waals surface area contributed by atoms with E-state index in [1.807, 2.05) is 49.1 Å². The second-order valence-corrected chi connectivity index (χ2v) is 8.06. The maximum absolute atomic E-state index is 13.2. The summed E-state index contributed by atoms with van der Waals surface area (Å²) >= 11 is 0. The van der Waals surface area contributed by atoms with E-state index in [-0.39, 0.29) is 23.7 Å². The topological polar surface area (TPSA) is 66.0 Å². The second kappa shape index (κ2) is 10.8. The molecule has 7 heteroatoms. The third-order valence-corrected chi connectivity index (χ3v) is 5.24. The number of guanidine groups is 1. The summed E-state index contributed by atoms with van der Waals surface area (Å²) in [6.45, 7) is 6.29. The first kappa shape index (κ1) is 22.6. The van der Waals surface area contributed by atoms with E-state index in [0.717, 1.165) is 35.8 Å². The van der Waals surface area contributed by atoms with Crippen LogP contribution in [0.25, 0.3) is 0 Å². The highest BCUT2D eigenvalue weighted by atomic mass is 19.1. The molecule has 0 saturated carbocycles. The zero-order chi connectivity index (χ0) is 22.2. The lowest BCUT2D eigenvalue weighted by molar-refractivity contribution is -0.133. The lowest BCUT2D eigenvalue weighted by Gasteiger charge is -2.20. The van der Waals surface area contributed by atoms with Crippen molar-refractivity contribution >= 4 is 11.9 Å². The van der Waals surface area contributed by atoms with Crippen molar-refractivity contribution in [2.24, 2.45) is 10.9 Å². The molecule has 1 saturated heterocycles. The smallest absolute Gasteiger partial charge is 0.225 e. The first-order valence-electron chi connectivity index (χ1n) is 10.7. The highest BCUT2D eigenvalue weighted by Crippen LogP contribution is 2.15. The molecule has 0 spiro atoms. The molecule has 2 N–H and O–H groups in total. The molecule has 1 fully saturated rings. The number of hydrogen-bond acceptors (Lipinski definition) is 3. The quantitative estimate of drug-likeness (QED) is 0.527. The van der Waals surface area contributed by atoms with Crippen molar-refractivity contribution in [1.82, 2.24) is 15.5 Å². The highest BCUT2D eigenvalue weighted by Gasteiger charge is 2.27. The Morgan fingerprint density at radius 2 is 2.00 bits per heavy atom. The molecule has 2 aromatic rings. The predicted octanol–water partition coefficient (Wildman–Crippen LogP) is 3.33. The van der Waals surface area contributed by atoms with Crippen LogP contribution in [-0.4, -0.2) is 42.9 Å². The minimum absolute atomic E-state index is 0.0250. The molecule has 0 radical (unpaired) electrons. The standard InChI is InChI=1S/C24H31FN4O2/c1-17(2)23(30)29-12-11-21(15-29)28-24(26-3)27-14-18-7-9-22(10-8-18)31-16-19-5-4-6-20(25)13-19/h4-10,13,17,21H,11-12,14-16H2,1-3H3,(H2,26,27,28). The third kappa shape index (κ3) is 6.70. The van der Waals surface area contributed by atoms with Crippen LogP contribution in [-0.2, 0) is 17.9 Å². The molecule has 1 aliphatic heterocycles. The van der Waals surface area contributed by atoms with Gasteiger partial charge in [0.25, 0.3) is 0 Å². The van der Waals surface area contributed by atoms with Crippen LogP contribution in [0.5, 0.6) is 5.75 Å². The number of nitrogens with one attached hydrogen (secondary N) is 2. The zero-order valence-corrected chi connectivity index (χ0v) is 18.4. The molecular formula is C24H31FN4O2. The summed E-state index contributed by atoms with van der Waals surface area (Å²) in [7, 11) is 1.74. The number of aliphatic imine (C=N–C) groups is 1. The molecule has 1 heterocycles. The Morgan fingerprint density at radius 1 is 1.23 bits per heavy atom. The molecule has 1 aliphatic rings. The number of rotatable bonds is 7. The molecule has 1 amide bonds. The van der Waals surface area contributed by atoms with Gasteiger partial charge in [-0.15, -0.1) is 0 Å². The first-order chi connectivity index (χ1) is 14.9. The fourth-order valence-electron chi connectivity index (χ4n) is 3.51. The van der Waals surface area contributed by atoms with E-state index < -0.39 is 0 Å². The fourth-order valence-corrected chi connectivity index (χ4v) is 3.51. The molecule has 1 unspecified atom stereocenters. The van der Waals surface area contributed by atoms with E-state index in [9.17, 15) is 9.18 Å². The lowest BCUT2D eigenvalue weighted by atomic mass is 10.2. The van der Waals surface area contributed by atoms with Crippen LogP contribution in [0.4, 0.5) is 4.39 Å². The van der Waals surface area contributed by atoms with Gasteiger partial charge in [0.1, 0.15) is 18.2 Å². The SMILES string of the molecule is CN=C(NCc1ccc(OCc2cccc(F)c2)cc1)NC1CCN(C(=O)C(C)C)C1. The number of carbonyl (C=O) groups excluding carboxylic acids is 1. The summed E-state index contributed by atoms with van der Waals surface area (Å²) in [5, 5.41) is 6.72. The fraction of sp³-hybridized carbons (Fsp3) is 0.417. The number of carbonyl (C=O) groups is 1. The normalized spacial score (nSPS) is 16.5. The average molecular weight is 427 g/mol. The maximum Gasteiger partial charge on any atom is 0.225 e. The Hall–Kier alpha value is -3.09. The van der Waals surface area contributed by atoms with Crippen LogP contribution >= 0.6 is 0 Å². The van der Waals surface area contributed by atoms with Gasteiger partial charge in [0.15, 0.2) is 5.96 Å². The van der Waals surface area contributed by atoms with E-state index >= 15 is 0 Å². The maximum atomic E-state index is 13.2. The average Bonchev–Trinajstić information content (AvgIpc) is 3.23. The molecule has 3 rings (SSSR count). The van der Waals surface area contributed by atoms with Crippen molar-refractivity contribution in [2.75, 3.05) is 20.1 Å². The number of likely N-dealkylation sites (tertiary alicyclic amines) is 1.